The molecule has 0 aliphatic carbocycles. The van der Waals surface area contributed by atoms with Gasteiger partial charge in [-0.2, -0.15) is 0 Å². The number of aromatic nitrogens is 2. The average Bonchev–Trinajstić information content (AvgIpc) is 3.31. The number of rotatable bonds is 9. The zero-order valence-electron chi connectivity index (χ0n) is 17.6. The van der Waals surface area contributed by atoms with E-state index in [0.29, 0.717) is 17.3 Å². The van der Waals surface area contributed by atoms with E-state index in [2.05, 4.69) is 15.0 Å². The van der Waals surface area contributed by atoms with Gasteiger partial charge in [-0.25, -0.2) is 18.1 Å². The highest BCUT2D eigenvalue weighted by Crippen LogP contribution is 2.37. The molecule has 32 heavy (non-hydrogen) atoms. The molecule has 1 aliphatic heterocycles. The molecule has 0 saturated carbocycles. The van der Waals surface area contributed by atoms with Crippen LogP contribution >= 0.6 is 0 Å². The SMILES string of the molecule is CC(=O)c1cc2c(cc1NC(=O)COC(=O)CCNS(=O)(=O)c1cn(C)c(C)n1)OCO2. The Morgan fingerprint density at radius 2 is 1.91 bits per heavy atom. The number of hydrogen-bond acceptors (Lipinski definition) is 9. The van der Waals surface area contributed by atoms with Crippen molar-refractivity contribution in [2.45, 2.75) is 25.3 Å². The molecule has 0 atom stereocenters. The van der Waals surface area contributed by atoms with Crippen molar-refractivity contribution in [1.29, 1.82) is 0 Å². The zero-order valence-corrected chi connectivity index (χ0v) is 18.4. The van der Waals surface area contributed by atoms with Gasteiger partial charge >= 0.3 is 5.97 Å². The molecule has 2 aromatic rings. The normalized spacial score (nSPS) is 12.5. The van der Waals surface area contributed by atoms with Crippen molar-refractivity contribution in [3.05, 3.63) is 29.7 Å². The van der Waals surface area contributed by atoms with Crippen molar-refractivity contribution >= 4 is 33.4 Å². The van der Waals surface area contributed by atoms with Crippen LogP contribution in [0.1, 0.15) is 29.5 Å². The maximum absolute atomic E-state index is 12.2. The Balaban J connectivity index is 1.48. The number of nitrogens with zero attached hydrogens (tertiary/aromatic N) is 2. The van der Waals surface area contributed by atoms with Crippen LogP contribution in [-0.2, 0) is 31.4 Å². The quantitative estimate of drug-likeness (QED) is 0.397. The molecule has 1 aromatic heterocycles. The van der Waals surface area contributed by atoms with Crippen LogP contribution in [0.2, 0.25) is 0 Å². The summed E-state index contributed by atoms with van der Waals surface area (Å²) in [5.74, 6) is -0.473. The maximum atomic E-state index is 12.2. The number of esters is 1. The zero-order chi connectivity index (χ0) is 23.5. The number of fused-ring (bicyclic) bond motifs is 1. The summed E-state index contributed by atoms with van der Waals surface area (Å²) in [5, 5.41) is 2.33. The van der Waals surface area contributed by atoms with Gasteiger partial charge in [0.05, 0.1) is 12.1 Å². The minimum Gasteiger partial charge on any atom is -0.456 e. The number of benzene rings is 1. The number of aryl methyl sites for hydroxylation is 2. The van der Waals surface area contributed by atoms with Gasteiger partial charge in [0, 0.05) is 31.4 Å². The van der Waals surface area contributed by atoms with Gasteiger partial charge in [0.2, 0.25) is 6.79 Å². The molecule has 3 rings (SSSR count). The number of imidazole rings is 1. The van der Waals surface area contributed by atoms with Gasteiger partial charge in [-0.05, 0) is 19.9 Å². The number of nitrogens with one attached hydrogen (secondary N) is 2. The van der Waals surface area contributed by atoms with Crippen molar-refractivity contribution in [1.82, 2.24) is 14.3 Å². The molecule has 0 spiro atoms. The summed E-state index contributed by atoms with van der Waals surface area (Å²) in [6, 6.07) is 2.91. The first-order valence-electron chi connectivity index (χ1n) is 9.46. The van der Waals surface area contributed by atoms with E-state index < -0.39 is 28.5 Å². The summed E-state index contributed by atoms with van der Waals surface area (Å²) in [7, 11) is -2.21. The number of amides is 1. The Morgan fingerprint density at radius 1 is 1.22 bits per heavy atom. The van der Waals surface area contributed by atoms with Crippen molar-refractivity contribution < 1.29 is 37.0 Å². The van der Waals surface area contributed by atoms with Crippen LogP contribution in [0.15, 0.2) is 23.4 Å². The van der Waals surface area contributed by atoms with Crippen LogP contribution in [0.3, 0.4) is 0 Å². The Hall–Kier alpha value is -3.45. The van der Waals surface area contributed by atoms with E-state index in [9.17, 15) is 22.8 Å². The predicted octanol–water partition coefficient (Wildman–Crippen LogP) is 0.510. The number of hydrogen-bond donors (Lipinski definition) is 2. The molecule has 1 aromatic carbocycles. The summed E-state index contributed by atoms with van der Waals surface area (Å²) in [5.41, 5.74) is 0.411. The van der Waals surface area contributed by atoms with Gasteiger partial charge in [-0.15, -0.1) is 0 Å². The maximum Gasteiger partial charge on any atom is 0.307 e. The van der Waals surface area contributed by atoms with E-state index in [1.54, 1.807) is 18.5 Å². The van der Waals surface area contributed by atoms with E-state index in [4.69, 9.17) is 14.2 Å². The average molecular weight is 466 g/mol. The van der Waals surface area contributed by atoms with E-state index in [1.165, 1.54) is 25.3 Å². The Labute approximate surface area is 183 Å². The van der Waals surface area contributed by atoms with E-state index in [1.807, 2.05) is 0 Å². The van der Waals surface area contributed by atoms with Crippen molar-refractivity contribution in [3.63, 3.8) is 0 Å². The summed E-state index contributed by atoms with van der Waals surface area (Å²) in [4.78, 5) is 39.8. The van der Waals surface area contributed by atoms with E-state index >= 15 is 0 Å². The molecule has 0 fully saturated rings. The first-order chi connectivity index (χ1) is 15.1. The van der Waals surface area contributed by atoms with Gasteiger partial charge in [-0.3, -0.25) is 14.4 Å². The summed E-state index contributed by atoms with van der Waals surface area (Å²) in [6.07, 6.45) is 1.06. The molecule has 13 heteroatoms. The third-order valence-electron chi connectivity index (χ3n) is 4.51. The lowest BCUT2D eigenvalue weighted by atomic mass is 10.1. The fraction of sp³-hybridized carbons (Fsp3) is 0.368. The number of sulfonamides is 1. The van der Waals surface area contributed by atoms with Gasteiger partial charge in [0.15, 0.2) is 28.9 Å². The molecule has 0 unspecified atom stereocenters. The number of carbonyl (C=O) groups excluding carboxylic acids is 3. The number of carbonyl (C=O) groups is 3. The Kier molecular flexibility index (Phi) is 6.79. The van der Waals surface area contributed by atoms with Crippen molar-refractivity contribution in [3.8, 4) is 11.5 Å². The molecule has 1 amide bonds. The summed E-state index contributed by atoms with van der Waals surface area (Å²) in [6.45, 7) is 2.15. The van der Waals surface area contributed by atoms with Crippen molar-refractivity contribution in [2.24, 2.45) is 7.05 Å². The minimum atomic E-state index is -3.87. The molecule has 0 bridgehead atoms. The molecule has 12 nitrogen and oxygen atoms in total. The molecule has 2 heterocycles. The van der Waals surface area contributed by atoms with Crippen LogP contribution in [0.25, 0.3) is 0 Å². The number of ether oxygens (including phenoxy) is 3. The highest BCUT2D eigenvalue weighted by molar-refractivity contribution is 7.89. The molecule has 172 valence electrons. The van der Waals surface area contributed by atoms with Crippen LogP contribution in [-0.4, -0.2) is 55.6 Å². The smallest absolute Gasteiger partial charge is 0.307 e. The Morgan fingerprint density at radius 3 is 2.53 bits per heavy atom. The van der Waals surface area contributed by atoms with Crippen LogP contribution < -0.4 is 19.5 Å². The third kappa shape index (κ3) is 5.42. The minimum absolute atomic E-state index is 0.00535. The van der Waals surface area contributed by atoms with Gasteiger partial charge in [0.1, 0.15) is 5.82 Å². The standard InChI is InChI=1S/C19H22N4O8S/c1-11(24)13-6-15-16(31-10-30-15)7-14(13)22-17(25)9-29-19(26)4-5-20-32(27,28)18-8-23(3)12(2)21-18/h6-8,20H,4-5,9-10H2,1-3H3,(H,22,25). The van der Waals surface area contributed by atoms with Crippen LogP contribution in [0, 0.1) is 6.92 Å². The van der Waals surface area contributed by atoms with Gasteiger partial charge in [-0.1, -0.05) is 0 Å². The fourth-order valence-corrected chi connectivity index (χ4v) is 3.83. The molecular formula is C19H22N4O8S. The highest BCUT2D eigenvalue weighted by atomic mass is 32.2. The second-order valence-electron chi connectivity index (χ2n) is 6.90. The number of Topliss-reactive ketones (excluding diaryl/α,β-unsaturated/α-hetero) is 1. The lowest BCUT2D eigenvalue weighted by Crippen LogP contribution is -2.28. The van der Waals surface area contributed by atoms with Gasteiger partial charge < -0.3 is 24.1 Å². The summed E-state index contributed by atoms with van der Waals surface area (Å²) < 4.78 is 43.5. The van der Waals surface area contributed by atoms with E-state index in [-0.39, 0.29) is 41.8 Å². The number of ketones is 1. The first-order valence-corrected chi connectivity index (χ1v) is 10.9. The second kappa shape index (κ2) is 9.36. The van der Waals surface area contributed by atoms with Crippen LogP contribution in [0.4, 0.5) is 5.69 Å². The lowest BCUT2D eigenvalue weighted by Gasteiger charge is -2.11. The monoisotopic (exact) mass is 466 g/mol. The molecule has 2 N–H and O–H groups in total. The fourth-order valence-electron chi connectivity index (χ4n) is 2.76. The molecule has 1 aliphatic rings. The molecular weight excluding hydrogens is 444 g/mol. The first kappa shape index (κ1) is 23.2. The Bertz CT molecular complexity index is 1150. The molecule has 0 radical (unpaired) electrons. The van der Waals surface area contributed by atoms with E-state index in [0.717, 1.165) is 0 Å². The second-order valence-corrected chi connectivity index (χ2v) is 8.61. The predicted molar refractivity (Wildman–Crippen MR) is 110 cm³/mol. The van der Waals surface area contributed by atoms with Gasteiger partial charge in [0.25, 0.3) is 15.9 Å². The summed E-state index contributed by atoms with van der Waals surface area (Å²) >= 11 is 0. The van der Waals surface area contributed by atoms with Crippen molar-refractivity contribution in [2.75, 3.05) is 25.3 Å². The largest absolute Gasteiger partial charge is 0.456 e. The molecule has 0 saturated heterocycles. The van der Waals surface area contributed by atoms with Crippen LogP contribution in [0.5, 0.6) is 11.5 Å². The third-order valence-corrected chi connectivity index (χ3v) is 5.84. The lowest BCUT2D eigenvalue weighted by molar-refractivity contribution is -0.147. The number of anilines is 1. The topological polar surface area (TPSA) is 155 Å². The highest BCUT2D eigenvalue weighted by Gasteiger charge is 2.21.